The maximum absolute atomic E-state index is 9.90. The Morgan fingerprint density at radius 2 is 1.73 bits per heavy atom. The van der Waals surface area contributed by atoms with Gasteiger partial charge in [-0.1, -0.05) is 36.4 Å². The second-order valence-corrected chi connectivity index (χ2v) is 10.1. The van der Waals surface area contributed by atoms with Crippen molar-refractivity contribution in [3.8, 4) is 22.4 Å². The van der Waals surface area contributed by atoms with Crippen molar-refractivity contribution >= 4 is 22.1 Å². The molecule has 4 N–H and O–H groups in total. The van der Waals surface area contributed by atoms with Gasteiger partial charge in [0.2, 0.25) is 0 Å². The first-order valence-electron chi connectivity index (χ1n) is 9.90. The van der Waals surface area contributed by atoms with E-state index in [4.69, 9.17) is 10.7 Å². The third-order valence-electron chi connectivity index (χ3n) is 5.67. The van der Waals surface area contributed by atoms with Crippen molar-refractivity contribution in [2.24, 2.45) is 0 Å². The maximum Gasteiger partial charge on any atom is 0.165 e. The highest BCUT2D eigenvalue weighted by Gasteiger charge is 2.27. The lowest BCUT2D eigenvalue weighted by molar-refractivity contribution is 0.455. The van der Waals surface area contributed by atoms with Crippen LogP contribution in [0.3, 0.4) is 0 Å². The molecule has 1 aliphatic rings. The minimum Gasteiger partial charge on any atom is -0.384 e. The van der Waals surface area contributed by atoms with Crippen LogP contribution in [0.2, 0.25) is 0 Å². The van der Waals surface area contributed by atoms with Crippen LogP contribution in [-0.4, -0.2) is 40.2 Å². The van der Waals surface area contributed by atoms with Gasteiger partial charge in [0.25, 0.3) is 0 Å². The molecule has 0 radical (unpaired) electrons. The summed E-state index contributed by atoms with van der Waals surface area (Å²) >= 11 is 0. The molecule has 7 nitrogen and oxygen atoms in total. The van der Waals surface area contributed by atoms with E-state index in [1.807, 2.05) is 54.7 Å². The zero-order valence-electron chi connectivity index (χ0n) is 16.3. The summed E-state index contributed by atoms with van der Waals surface area (Å²) < 4.78 is 21.4. The molecule has 0 aliphatic carbocycles. The highest BCUT2D eigenvalue weighted by atomic mass is 32.3. The lowest BCUT2D eigenvalue weighted by Crippen LogP contribution is -2.20. The third kappa shape index (κ3) is 3.54. The maximum atomic E-state index is 9.90. The largest absolute Gasteiger partial charge is 0.384 e. The van der Waals surface area contributed by atoms with Crippen molar-refractivity contribution in [2.75, 3.05) is 17.2 Å². The van der Waals surface area contributed by atoms with E-state index in [1.165, 1.54) is 0 Å². The second kappa shape index (κ2) is 7.39. The summed E-state index contributed by atoms with van der Waals surface area (Å²) in [5.41, 5.74) is 11.6. The Bertz CT molecular complexity index is 1180. The number of aromatic nitrogens is 4. The van der Waals surface area contributed by atoms with Crippen LogP contribution in [0.1, 0.15) is 24.5 Å². The van der Waals surface area contributed by atoms with Crippen LogP contribution in [-0.2, 0) is 0 Å². The number of nitrogens with zero attached hydrogens (tertiary/aromatic N) is 4. The van der Waals surface area contributed by atoms with E-state index >= 15 is 0 Å². The molecule has 0 unspecified atom stereocenters. The average molecular weight is 422 g/mol. The van der Waals surface area contributed by atoms with E-state index in [1.54, 1.807) is 10.7 Å². The average Bonchev–Trinajstić information content (AvgIpc) is 3.19. The summed E-state index contributed by atoms with van der Waals surface area (Å²) in [6.07, 6.45) is 4.99. The fraction of sp³-hybridized carbons (Fsp3) is 0.227. The predicted molar refractivity (Wildman–Crippen MR) is 121 cm³/mol. The fourth-order valence-corrected chi connectivity index (χ4v) is 5.48. The van der Waals surface area contributed by atoms with Crippen LogP contribution in [0.15, 0.2) is 60.9 Å². The van der Waals surface area contributed by atoms with E-state index in [0.717, 1.165) is 28.1 Å². The molecular formula is C22H23N5O2S. The fourth-order valence-electron chi connectivity index (χ4n) is 3.96. The molecule has 4 heterocycles. The van der Waals surface area contributed by atoms with Gasteiger partial charge in [0.05, 0.1) is 11.9 Å². The molecule has 1 aliphatic heterocycles. The van der Waals surface area contributed by atoms with Crippen molar-refractivity contribution in [3.63, 3.8) is 0 Å². The summed E-state index contributed by atoms with van der Waals surface area (Å²) in [7, 11) is -2.43. The summed E-state index contributed by atoms with van der Waals surface area (Å²) in [6.45, 7) is 0. The normalized spacial score (nSPS) is 17.8. The van der Waals surface area contributed by atoms with Crippen molar-refractivity contribution in [2.45, 2.75) is 18.8 Å². The molecule has 1 saturated heterocycles. The van der Waals surface area contributed by atoms with Crippen LogP contribution < -0.4 is 5.73 Å². The number of hydrogen-bond acceptors (Lipinski definition) is 6. The van der Waals surface area contributed by atoms with Gasteiger partial charge in [-0.3, -0.25) is 14.1 Å². The summed E-state index contributed by atoms with van der Waals surface area (Å²) in [5, 5.41) is 4.41. The molecule has 0 bridgehead atoms. The number of anilines is 1. The number of nitrogen functional groups attached to an aromatic ring is 1. The van der Waals surface area contributed by atoms with Crippen LogP contribution in [0, 0.1) is 0 Å². The molecular weight excluding hydrogens is 398 g/mol. The van der Waals surface area contributed by atoms with E-state index in [9.17, 15) is 9.11 Å². The van der Waals surface area contributed by atoms with Crippen molar-refractivity contribution in [1.29, 1.82) is 0 Å². The molecule has 30 heavy (non-hydrogen) atoms. The Kier molecular flexibility index (Phi) is 4.69. The standard InChI is InChI=1S/C22H23N5O2S/c23-21-12-20(16-8-10-30(28,29)11-9-16)26-22-18(14-25-27(21)22)17-6-7-19(24-13-17)15-4-2-1-3-5-15/h1-7,12-14,16,28-29H,8-11,23H2. The summed E-state index contributed by atoms with van der Waals surface area (Å²) in [6, 6.07) is 15.9. The van der Waals surface area contributed by atoms with Gasteiger partial charge in [-0.2, -0.15) is 20.2 Å². The van der Waals surface area contributed by atoms with Crippen molar-refractivity contribution < 1.29 is 9.11 Å². The molecule has 0 spiro atoms. The Balaban J connectivity index is 1.50. The van der Waals surface area contributed by atoms with Crippen molar-refractivity contribution in [1.82, 2.24) is 19.6 Å². The number of fused-ring (bicyclic) bond motifs is 1. The van der Waals surface area contributed by atoms with Gasteiger partial charge in [0.1, 0.15) is 5.82 Å². The Morgan fingerprint density at radius 1 is 0.967 bits per heavy atom. The van der Waals surface area contributed by atoms with E-state index < -0.39 is 10.6 Å². The highest BCUT2D eigenvalue weighted by molar-refractivity contribution is 8.24. The number of nitrogens with two attached hydrogens (primary N) is 1. The molecule has 8 heteroatoms. The first kappa shape index (κ1) is 19.0. The second-order valence-electron chi connectivity index (χ2n) is 7.68. The Morgan fingerprint density at radius 3 is 2.43 bits per heavy atom. The minimum absolute atomic E-state index is 0.165. The summed E-state index contributed by atoms with van der Waals surface area (Å²) in [5.74, 6) is 1.52. The highest BCUT2D eigenvalue weighted by Crippen LogP contribution is 2.48. The molecule has 5 rings (SSSR count). The molecule has 0 atom stereocenters. The van der Waals surface area contributed by atoms with Gasteiger partial charge in [-0.15, -0.1) is 0 Å². The first-order chi connectivity index (χ1) is 14.5. The number of benzene rings is 1. The molecule has 154 valence electrons. The van der Waals surface area contributed by atoms with Crippen LogP contribution >= 0.6 is 10.6 Å². The molecule has 0 amide bonds. The third-order valence-corrected chi connectivity index (χ3v) is 7.45. The van der Waals surface area contributed by atoms with Gasteiger partial charge in [-0.25, -0.2) is 4.98 Å². The minimum atomic E-state index is -2.43. The lowest BCUT2D eigenvalue weighted by Gasteiger charge is -2.39. The topological polar surface area (TPSA) is 110 Å². The monoisotopic (exact) mass is 421 g/mol. The van der Waals surface area contributed by atoms with E-state index in [2.05, 4.69) is 10.1 Å². The Hall–Kier alpha value is -2.94. The molecule has 1 aromatic carbocycles. The predicted octanol–water partition coefficient (Wildman–Crippen LogP) is 4.67. The van der Waals surface area contributed by atoms with Gasteiger partial charge in [-0.05, 0) is 18.9 Å². The Labute approximate surface area is 176 Å². The zero-order valence-corrected chi connectivity index (χ0v) is 17.2. The number of hydrogen-bond donors (Lipinski definition) is 3. The van der Waals surface area contributed by atoms with Crippen LogP contribution in [0.4, 0.5) is 5.82 Å². The van der Waals surface area contributed by atoms with Gasteiger partial charge in [0.15, 0.2) is 5.65 Å². The first-order valence-corrected chi connectivity index (χ1v) is 11.8. The van der Waals surface area contributed by atoms with Crippen LogP contribution in [0.25, 0.3) is 28.0 Å². The smallest absolute Gasteiger partial charge is 0.165 e. The molecule has 1 fully saturated rings. The molecule has 3 aromatic heterocycles. The molecule has 0 saturated carbocycles. The van der Waals surface area contributed by atoms with Gasteiger partial charge in [0, 0.05) is 52.1 Å². The number of pyridine rings is 1. The molecule has 4 aromatic rings. The van der Waals surface area contributed by atoms with Gasteiger partial charge < -0.3 is 5.73 Å². The van der Waals surface area contributed by atoms with Crippen molar-refractivity contribution in [3.05, 3.63) is 66.6 Å². The van der Waals surface area contributed by atoms with E-state index in [-0.39, 0.29) is 5.92 Å². The lowest BCUT2D eigenvalue weighted by atomic mass is 9.98. The van der Waals surface area contributed by atoms with Gasteiger partial charge >= 0.3 is 0 Å². The van der Waals surface area contributed by atoms with Crippen LogP contribution in [0.5, 0.6) is 0 Å². The SMILES string of the molecule is Nc1cc(C2CCS(O)(O)CC2)nc2c(-c3ccc(-c4ccccc4)nc3)cnn12. The zero-order chi connectivity index (χ0) is 20.7. The number of rotatable bonds is 3. The van der Waals surface area contributed by atoms with E-state index in [0.29, 0.717) is 35.8 Å². The quantitative estimate of drug-likeness (QED) is 0.443. The summed E-state index contributed by atoms with van der Waals surface area (Å²) in [4.78, 5) is 9.48.